The summed E-state index contributed by atoms with van der Waals surface area (Å²) in [5, 5.41) is 5.47. The number of methoxy groups -OCH3 is 2. The molecule has 0 aliphatic rings. The molecule has 3 rings (SSSR count). The molecule has 0 saturated carbocycles. The molecule has 0 saturated heterocycles. The summed E-state index contributed by atoms with van der Waals surface area (Å²) in [6.45, 7) is 2.58. The first-order chi connectivity index (χ1) is 16.0. The Balaban J connectivity index is 1.74. The predicted molar refractivity (Wildman–Crippen MR) is 123 cm³/mol. The van der Waals surface area contributed by atoms with Crippen molar-refractivity contribution in [2.75, 3.05) is 20.8 Å². The van der Waals surface area contributed by atoms with Crippen molar-refractivity contribution in [3.05, 3.63) is 83.4 Å². The molecule has 0 aliphatic carbocycles. The molecule has 0 aliphatic heterocycles. The van der Waals surface area contributed by atoms with E-state index in [0.717, 1.165) is 5.56 Å². The largest absolute Gasteiger partial charge is 0.497 e. The number of ether oxygens (including phenoxy) is 3. The van der Waals surface area contributed by atoms with Crippen LogP contribution in [0.5, 0.6) is 17.2 Å². The molecule has 0 atom stereocenters. The van der Waals surface area contributed by atoms with Gasteiger partial charge in [-0.2, -0.15) is 0 Å². The van der Waals surface area contributed by atoms with Crippen molar-refractivity contribution in [3.63, 3.8) is 0 Å². The quantitative estimate of drug-likeness (QED) is 0.456. The molecular formula is C25H26N2O6. The SMILES string of the molecule is CCOc1cc(CNC(=O)/C(=C/c2ccco2)NC(=O)c2ccc(OC)cc2)ccc1OC. The highest BCUT2D eigenvalue weighted by Gasteiger charge is 2.16. The lowest BCUT2D eigenvalue weighted by Gasteiger charge is -2.13. The summed E-state index contributed by atoms with van der Waals surface area (Å²) < 4.78 is 21.3. The third-order valence-electron chi connectivity index (χ3n) is 4.66. The van der Waals surface area contributed by atoms with Crippen molar-refractivity contribution in [1.29, 1.82) is 0 Å². The van der Waals surface area contributed by atoms with E-state index in [1.54, 1.807) is 62.8 Å². The van der Waals surface area contributed by atoms with Crippen LogP contribution in [0.2, 0.25) is 0 Å². The maximum absolute atomic E-state index is 12.9. The van der Waals surface area contributed by atoms with Gasteiger partial charge in [0, 0.05) is 18.2 Å². The van der Waals surface area contributed by atoms with E-state index < -0.39 is 11.8 Å². The maximum Gasteiger partial charge on any atom is 0.268 e. The fourth-order valence-corrected chi connectivity index (χ4v) is 2.99. The Morgan fingerprint density at radius 1 is 1.00 bits per heavy atom. The molecule has 1 heterocycles. The van der Waals surface area contributed by atoms with Gasteiger partial charge in [0.05, 0.1) is 27.1 Å². The number of nitrogens with one attached hydrogen (secondary N) is 2. The van der Waals surface area contributed by atoms with Crippen molar-refractivity contribution < 1.29 is 28.2 Å². The first kappa shape index (κ1) is 23.5. The third-order valence-corrected chi connectivity index (χ3v) is 4.66. The molecule has 0 fully saturated rings. The van der Waals surface area contributed by atoms with Crippen molar-refractivity contribution in [2.45, 2.75) is 13.5 Å². The second kappa shape index (κ2) is 11.4. The van der Waals surface area contributed by atoms with E-state index in [1.807, 2.05) is 13.0 Å². The number of amides is 2. The lowest BCUT2D eigenvalue weighted by molar-refractivity contribution is -0.117. The Hall–Kier alpha value is -4.20. The van der Waals surface area contributed by atoms with Crippen molar-refractivity contribution >= 4 is 17.9 Å². The fraction of sp³-hybridized carbons (Fsp3) is 0.200. The van der Waals surface area contributed by atoms with E-state index in [4.69, 9.17) is 18.6 Å². The van der Waals surface area contributed by atoms with Gasteiger partial charge in [0.2, 0.25) is 0 Å². The highest BCUT2D eigenvalue weighted by Crippen LogP contribution is 2.28. The molecule has 33 heavy (non-hydrogen) atoms. The summed E-state index contributed by atoms with van der Waals surface area (Å²) in [4.78, 5) is 25.6. The number of furan rings is 1. The van der Waals surface area contributed by atoms with Crippen LogP contribution in [0.25, 0.3) is 6.08 Å². The van der Waals surface area contributed by atoms with Gasteiger partial charge >= 0.3 is 0 Å². The highest BCUT2D eigenvalue weighted by atomic mass is 16.5. The monoisotopic (exact) mass is 450 g/mol. The molecule has 2 amide bonds. The van der Waals surface area contributed by atoms with Crippen LogP contribution in [0.15, 0.2) is 71.0 Å². The fourth-order valence-electron chi connectivity index (χ4n) is 2.99. The van der Waals surface area contributed by atoms with Gasteiger partial charge in [0.1, 0.15) is 17.2 Å². The number of hydrogen-bond donors (Lipinski definition) is 2. The number of rotatable bonds is 10. The molecule has 8 heteroatoms. The van der Waals surface area contributed by atoms with Crippen molar-refractivity contribution in [1.82, 2.24) is 10.6 Å². The lowest BCUT2D eigenvalue weighted by Crippen LogP contribution is -2.34. The third kappa shape index (κ3) is 6.39. The van der Waals surface area contributed by atoms with E-state index in [-0.39, 0.29) is 12.2 Å². The molecule has 0 bridgehead atoms. The summed E-state index contributed by atoms with van der Waals surface area (Å²) in [6.07, 6.45) is 2.95. The summed E-state index contributed by atoms with van der Waals surface area (Å²) >= 11 is 0. The molecule has 0 spiro atoms. The van der Waals surface area contributed by atoms with E-state index in [0.29, 0.717) is 35.2 Å². The minimum absolute atomic E-state index is 0.0457. The van der Waals surface area contributed by atoms with Gasteiger partial charge in [0.25, 0.3) is 11.8 Å². The van der Waals surface area contributed by atoms with Gasteiger partial charge in [-0.25, -0.2) is 0 Å². The highest BCUT2D eigenvalue weighted by molar-refractivity contribution is 6.05. The van der Waals surface area contributed by atoms with Crippen LogP contribution in [0.3, 0.4) is 0 Å². The van der Waals surface area contributed by atoms with Crippen molar-refractivity contribution in [3.8, 4) is 17.2 Å². The maximum atomic E-state index is 12.9. The number of carbonyl (C=O) groups excluding carboxylic acids is 2. The standard InChI is InChI=1S/C25H26N2O6/c1-4-32-23-14-17(7-12-22(23)31-3)16-26-25(29)21(15-20-6-5-13-33-20)27-24(28)18-8-10-19(30-2)11-9-18/h5-15H,4,16H2,1-3H3,(H,26,29)(H,27,28)/b21-15-. The molecule has 1 aromatic heterocycles. The minimum atomic E-state index is -0.470. The normalized spacial score (nSPS) is 10.9. The van der Waals surface area contributed by atoms with E-state index in [1.165, 1.54) is 12.3 Å². The molecular weight excluding hydrogens is 424 g/mol. The Kier molecular flexibility index (Phi) is 8.13. The first-order valence-corrected chi connectivity index (χ1v) is 10.3. The Labute approximate surface area is 192 Å². The van der Waals surface area contributed by atoms with Gasteiger partial charge in [-0.15, -0.1) is 0 Å². The van der Waals surface area contributed by atoms with Gasteiger partial charge < -0.3 is 29.3 Å². The van der Waals surface area contributed by atoms with E-state index in [2.05, 4.69) is 10.6 Å². The average Bonchev–Trinajstić information content (AvgIpc) is 3.35. The van der Waals surface area contributed by atoms with Crippen LogP contribution in [0, 0.1) is 0 Å². The smallest absolute Gasteiger partial charge is 0.268 e. The number of benzene rings is 2. The molecule has 0 unspecified atom stereocenters. The van der Waals surface area contributed by atoms with Crippen LogP contribution < -0.4 is 24.8 Å². The minimum Gasteiger partial charge on any atom is -0.497 e. The van der Waals surface area contributed by atoms with E-state index >= 15 is 0 Å². The molecule has 8 nitrogen and oxygen atoms in total. The van der Waals surface area contributed by atoms with Crippen LogP contribution in [-0.2, 0) is 11.3 Å². The molecule has 2 aromatic carbocycles. The first-order valence-electron chi connectivity index (χ1n) is 10.3. The van der Waals surface area contributed by atoms with Crippen LogP contribution in [0.1, 0.15) is 28.6 Å². The summed E-state index contributed by atoms with van der Waals surface area (Å²) in [6, 6.07) is 15.4. The number of carbonyl (C=O) groups is 2. The van der Waals surface area contributed by atoms with Gasteiger partial charge in [-0.05, 0) is 61.0 Å². The second-order valence-electron chi connectivity index (χ2n) is 6.86. The zero-order valence-corrected chi connectivity index (χ0v) is 18.7. The van der Waals surface area contributed by atoms with Crippen molar-refractivity contribution in [2.24, 2.45) is 0 Å². The Bertz CT molecular complexity index is 1100. The van der Waals surface area contributed by atoms with Gasteiger partial charge in [-0.1, -0.05) is 6.07 Å². The second-order valence-corrected chi connectivity index (χ2v) is 6.86. The molecule has 3 aromatic rings. The van der Waals surface area contributed by atoms with E-state index in [9.17, 15) is 9.59 Å². The van der Waals surface area contributed by atoms with Gasteiger partial charge in [0.15, 0.2) is 11.5 Å². The predicted octanol–water partition coefficient (Wildman–Crippen LogP) is 3.78. The van der Waals surface area contributed by atoms with Gasteiger partial charge in [-0.3, -0.25) is 9.59 Å². The molecule has 0 radical (unpaired) electrons. The topological polar surface area (TPSA) is 99.0 Å². The zero-order chi connectivity index (χ0) is 23.6. The van der Waals surface area contributed by atoms with Crippen LogP contribution >= 0.6 is 0 Å². The Morgan fingerprint density at radius 3 is 2.42 bits per heavy atom. The van der Waals surface area contributed by atoms with Crippen LogP contribution in [-0.4, -0.2) is 32.6 Å². The zero-order valence-electron chi connectivity index (χ0n) is 18.7. The Morgan fingerprint density at radius 2 is 1.79 bits per heavy atom. The summed E-state index contributed by atoms with van der Waals surface area (Å²) in [5.74, 6) is 1.35. The van der Waals surface area contributed by atoms with Crippen LogP contribution in [0.4, 0.5) is 0 Å². The lowest BCUT2D eigenvalue weighted by atomic mass is 10.2. The molecule has 2 N–H and O–H groups in total. The number of hydrogen-bond acceptors (Lipinski definition) is 6. The average molecular weight is 450 g/mol. The summed E-state index contributed by atoms with van der Waals surface area (Å²) in [5.41, 5.74) is 1.24. The molecule has 172 valence electrons. The summed E-state index contributed by atoms with van der Waals surface area (Å²) in [7, 11) is 3.11.